The molecule has 0 aliphatic rings. The smallest absolute Gasteiger partial charge is 0.356 e. The maximum Gasteiger partial charge on any atom is 0.356 e. The lowest BCUT2D eigenvalue weighted by atomic mass is 10.4. The Labute approximate surface area is 80.7 Å². The van der Waals surface area contributed by atoms with Crippen molar-refractivity contribution in [2.45, 2.75) is 13.5 Å². The van der Waals surface area contributed by atoms with Gasteiger partial charge in [0.15, 0.2) is 0 Å². The predicted octanol–water partition coefficient (Wildman–Crippen LogP) is -0.537. The fourth-order valence-electron chi connectivity index (χ4n) is 1.09. The normalized spacial score (nSPS) is 9.86. The van der Waals surface area contributed by atoms with Crippen molar-refractivity contribution in [2.75, 3.05) is 7.11 Å². The first-order valence-electron chi connectivity index (χ1n) is 3.95. The van der Waals surface area contributed by atoms with E-state index in [1.54, 1.807) is 6.92 Å². The van der Waals surface area contributed by atoms with Crippen LogP contribution in [0.3, 0.4) is 0 Å². The zero-order chi connectivity index (χ0) is 10.7. The van der Waals surface area contributed by atoms with E-state index in [2.05, 4.69) is 9.72 Å². The fourth-order valence-corrected chi connectivity index (χ4v) is 1.09. The van der Waals surface area contributed by atoms with E-state index in [4.69, 9.17) is 5.73 Å². The van der Waals surface area contributed by atoms with E-state index >= 15 is 0 Å². The molecule has 1 aromatic heterocycles. The summed E-state index contributed by atoms with van der Waals surface area (Å²) in [5, 5.41) is 0. The van der Waals surface area contributed by atoms with Crippen LogP contribution in [0.2, 0.25) is 0 Å². The summed E-state index contributed by atoms with van der Waals surface area (Å²) in [6.07, 6.45) is 1.35. The summed E-state index contributed by atoms with van der Waals surface area (Å²) in [5.41, 5.74) is 5.25. The van der Waals surface area contributed by atoms with Gasteiger partial charge in [-0.2, -0.15) is 0 Å². The highest BCUT2D eigenvalue weighted by atomic mass is 16.5. The molecular weight excluding hydrogens is 186 g/mol. The van der Waals surface area contributed by atoms with Crippen LogP contribution in [-0.4, -0.2) is 28.5 Å². The molecule has 0 bridgehead atoms. The lowest BCUT2D eigenvalue weighted by Crippen LogP contribution is -2.22. The van der Waals surface area contributed by atoms with Crippen molar-refractivity contribution in [3.05, 3.63) is 17.7 Å². The number of nitrogens with two attached hydrogens (primary N) is 1. The SMILES string of the molecule is COC(=O)c1cnc(C)n1CC(N)=O. The average Bonchev–Trinajstić information content (AvgIpc) is 2.46. The number of primary amides is 1. The molecule has 0 spiro atoms. The average molecular weight is 197 g/mol. The molecule has 0 saturated heterocycles. The third-order valence-corrected chi connectivity index (χ3v) is 1.76. The Kier molecular flexibility index (Phi) is 2.85. The van der Waals surface area contributed by atoms with Crippen LogP contribution in [0, 0.1) is 6.92 Å². The third-order valence-electron chi connectivity index (χ3n) is 1.76. The zero-order valence-corrected chi connectivity index (χ0v) is 7.98. The van der Waals surface area contributed by atoms with Gasteiger partial charge in [0.05, 0.1) is 13.3 Å². The van der Waals surface area contributed by atoms with Gasteiger partial charge in [-0.1, -0.05) is 0 Å². The first-order valence-corrected chi connectivity index (χ1v) is 3.95. The van der Waals surface area contributed by atoms with E-state index in [1.165, 1.54) is 17.9 Å². The summed E-state index contributed by atoms with van der Waals surface area (Å²) < 4.78 is 5.93. The summed E-state index contributed by atoms with van der Waals surface area (Å²) in [6, 6.07) is 0. The predicted molar refractivity (Wildman–Crippen MR) is 47.5 cm³/mol. The van der Waals surface area contributed by atoms with Crippen LogP contribution >= 0.6 is 0 Å². The Morgan fingerprint density at radius 1 is 1.64 bits per heavy atom. The molecule has 0 aromatic carbocycles. The van der Waals surface area contributed by atoms with E-state index in [9.17, 15) is 9.59 Å². The summed E-state index contributed by atoms with van der Waals surface area (Å²) in [5.74, 6) is -0.521. The van der Waals surface area contributed by atoms with Gasteiger partial charge in [0, 0.05) is 0 Å². The number of ether oxygens (including phenoxy) is 1. The Bertz CT molecular complexity index is 370. The Morgan fingerprint density at radius 2 is 2.29 bits per heavy atom. The van der Waals surface area contributed by atoms with Crippen molar-refractivity contribution in [1.29, 1.82) is 0 Å². The number of rotatable bonds is 3. The summed E-state index contributed by atoms with van der Waals surface area (Å²) >= 11 is 0. The van der Waals surface area contributed by atoms with Crippen LogP contribution in [0.25, 0.3) is 0 Å². The highest BCUT2D eigenvalue weighted by Gasteiger charge is 2.15. The molecule has 1 rings (SSSR count). The molecular formula is C8H11N3O3. The third kappa shape index (κ3) is 1.90. The van der Waals surface area contributed by atoms with Crippen molar-refractivity contribution >= 4 is 11.9 Å². The zero-order valence-electron chi connectivity index (χ0n) is 7.98. The van der Waals surface area contributed by atoms with Gasteiger partial charge in [-0.25, -0.2) is 9.78 Å². The molecule has 1 amide bonds. The number of amides is 1. The van der Waals surface area contributed by atoms with Crippen LogP contribution in [0.15, 0.2) is 6.20 Å². The Hall–Kier alpha value is -1.85. The van der Waals surface area contributed by atoms with Crippen LogP contribution in [0.4, 0.5) is 0 Å². The van der Waals surface area contributed by atoms with Crippen molar-refractivity contribution in [1.82, 2.24) is 9.55 Å². The summed E-state index contributed by atoms with van der Waals surface area (Å²) in [7, 11) is 1.26. The molecule has 0 unspecified atom stereocenters. The second-order valence-corrected chi connectivity index (χ2v) is 2.73. The van der Waals surface area contributed by atoms with Gasteiger partial charge in [-0.3, -0.25) is 4.79 Å². The lowest BCUT2D eigenvalue weighted by molar-refractivity contribution is -0.118. The second kappa shape index (κ2) is 3.91. The van der Waals surface area contributed by atoms with Crippen molar-refractivity contribution in [3.63, 3.8) is 0 Å². The molecule has 1 heterocycles. The van der Waals surface area contributed by atoms with Gasteiger partial charge in [-0.15, -0.1) is 0 Å². The first kappa shape index (κ1) is 10.2. The van der Waals surface area contributed by atoms with Gasteiger partial charge in [-0.05, 0) is 6.92 Å². The quantitative estimate of drug-likeness (QED) is 0.659. The van der Waals surface area contributed by atoms with Gasteiger partial charge < -0.3 is 15.0 Å². The number of aromatic nitrogens is 2. The second-order valence-electron chi connectivity index (χ2n) is 2.73. The van der Waals surface area contributed by atoms with Crippen molar-refractivity contribution < 1.29 is 14.3 Å². The largest absolute Gasteiger partial charge is 0.464 e. The minimum Gasteiger partial charge on any atom is -0.464 e. The molecule has 0 radical (unpaired) electrons. The molecule has 0 saturated carbocycles. The van der Waals surface area contributed by atoms with Crippen LogP contribution in [-0.2, 0) is 16.1 Å². The summed E-state index contributed by atoms with van der Waals surface area (Å²) in [4.78, 5) is 25.8. The highest BCUT2D eigenvalue weighted by Crippen LogP contribution is 2.05. The van der Waals surface area contributed by atoms with Crippen molar-refractivity contribution in [2.24, 2.45) is 5.73 Å². The molecule has 14 heavy (non-hydrogen) atoms. The highest BCUT2D eigenvalue weighted by molar-refractivity contribution is 5.88. The first-order chi connectivity index (χ1) is 6.56. The fraction of sp³-hybridized carbons (Fsp3) is 0.375. The molecule has 2 N–H and O–H groups in total. The number of esters is 1. The number of carbonyl (C=O) groups is 2. The lowest BCUT2D eigenvalue weighted by Gasteiger charge is -2.05. The number of nitrogens with zero attached hydrogens (tertiary/aromatic N) is 2. The molecule has 0 aliphatic heterocycles. The molecule has 0 aliphatic carbocycles. The van der Waals surface area contributed by atoms with Crippen molar-refractivity contribution in [3.8, 4) is 0 Å². The van der Waals surface area contributed by atoms with E-state index in [1.807, 2.05) is 0 Å². The number of methoxy groups -OCH3 is 1. The minimum atomic E-state index is -0.535. The molecule has 6 nitrogen and oxygen atoms in total. The monoisotopic (exact) mass is 197 g/mol. The van der Waals surface area contributed by atoms with E-state index in [-0.39, 0.29) is 12.2 Å². The molecule has 1 aromatic rings. The Balaban J connectivity index is 3.05. The number of hydrogen-bond acceptors (Lipinski definition) is 4. The van der Waals surface area contributed by atoms with Gasteiger partial charge in [0.1, 0.15) is 18.1 Å². The number of aryl methyl sites for hydroxylation is 1. The standard InChI is InChI=1S/C8H11N3O3/c1-5-10-3-6(8(13)14-2)11(5)4-7(9)12/h3H,4H2,1-2H3,(H2,9,12). The van der Waals surface area contributed by atoms with Gasteiger partial charge in [0.25, 0.3) is 0 Å². The van der Waals surface area contributed by atoms with Crippen LogP contribution in [0.5, 0.6) is 0 Å². The van der Waals surface area contributed by atoms with Gasteiger partial charge in [0.2, 0.25) is 5.91 Å². The van der Waals surface area contributed by atoms with E-state index in [0.29, 0.717) is 5.82 Å². The molecule has 0 atom stereocenters. The van der Waals surface area contributed by atoms with E-state index in [0.717, 1.165) is 0 Å². The number of hydrogen-bond donors (Lipinski definition) is 1. The molecule has 0 fully saturated rings. The maximum atomic E-state index is 11.2. The topological polar surface area (TPSA) is 87.2 Å². The molecule has 6 heteroatoms. The van der Waals surface area contributed by atoms with Crippen LogP contribution in [0.1, 0.15) is 16.3 Å². The number of carbonyl (C=O) groups excluding carboxylic acids is 2. The summed E-state index contributed by atoms with van der Waals surface area (Å²) in [6.45, 7) is 1.60. The molecule has 76 valence electrons. The Morgan fingerprint density at radius 3 is 2.79 bits per heavy atom. The van der Waals surface area contributed by atoms with Gasteiger partial charge >= 0.3 is 5.97 Å². The van der Waals surface area contributed by atoms with Crippen LogP contribution < -0.4 is 5.73 Å². The number of imidazole rings is 1. The maximum absolute atomic E-state index is 11.2. The van der Waals surface area contributed by atoms with E-state index < -0.39 is 11.9 Å². The minimum absolute atomic E-state index is 0.0731.